The number of rotatable bonds is 2. The summed E-state index contributed by atoms with van der Waals surface area (Å²) in [6.07, 6.45) is 3.01. The number of amides is 3. The highest BCUT2D eigenvalue weighted by Gasteiger charge is 2.31. The van der Waals surface area contributed by atoms with Crippen LogP contribution >= 0.6 is 11.6 Å². The molecule has 1 rings (SSSR count). The van der Waals surface area contributed by atoms with Crippen LogP contribution < -0.4 is 10.6 Å². The van der Waals surface area contributed by atoms with Gasteiger partial charge < -0.3 is 5.32 Å². The maximum Gasteiger partial charge on any atom is 0.321 e. The number of halogens is 1. The molecule has 92 valence electrons. The molecule has 0 radical (unpaired) electrons. The largest absolute Gasteiger partial charge is 0.335 e. The van der Waals surface area contributed by atoms with Crippen LogP contribution in [0.3, 0.4) is 0 Å². The van der Waals surface area contributed by atoms with Crippen LogP contribution in [0, 0.1) is 5.41 Å². The molecule has 3 amide bonds. The molecule has 0 saturated heterocycles. The number of hydrogen-bond acceptors (Lipinski definition) is 2. The van der Waals surface area contributed by atoms with Gasteiger partial charge in [0.05, 0.1) is 0 Å². The number of carbonyl (C=O) groups excluding carboxylic acids is 2. The third-order valence-corrected chi connectivity index (χ3v) is 3.10. The van der Waals surface area contributed by atoms with Crippen molar-refractivity contribution >= 4 is 23.5 Å². The SMILES string of the molecule is CC(Cl)C(=O)NC(=O)NC1CCC(C)(C)C1. The molecular formula is C11H19ClN2O2. The number of nitrogens with one attached hydrogen (secondary N) is 2. The van der Waals surface area contributed by atoms with Gasteiger partial charge in [-0.1, -0.05) is 13.8 Å². The highest BCUT2D eigenvalue weighted by molar-refractivity contribution is 6.31. The van der Waals surface area contributed by atoms with Crippen molar-refractivity contribution in [2.75, 3.05) is 0 Å². The van der Waals surface area contributed by atoms with Crippen LogP contribution in [0.5, 0.6) is 0 Å². The molecule has 5 heteroatoms. The molecule has 16 heavy (non-hydrogen) atoms. The van der Waals surface area contributed by atoms with E-state index in [1.807, 2.05) is 0 Å². The zero-order chi connectivity index (χ0) is 12.3. The first-order valence-corrected chi connectivity index (χ1v) is 5.99. The lowest BCUT2D eigenvalue weighted by molar-refractivity contribution is -0.119. The number of alkyl halides is 1. The van der Waals surface area contributed by atoms with Crippen molar-refractivity contribution in [3.8, 4) is 0 Å². The Labute approximate surface area is 101 Å². The maximum atomic E-state index is 11.4. The fourth-order valence-corrected chi connectivity index (χ4v) is 2.05. The standard InChI is InChI=1S/C11H19ClN2O2/c1-7(12)9(15)14-10(16)13-8-4-5-11(2,3)6-8/h7-8H,4-6H2,1-3H3,(H2,13,14,15,16). The minimum atomic E-state index is -0.689. The van der Waals surface area contributed by atoms with E-state index in [1.54, 1.807) is 0 Å². The molecule has 2 unspecified atom stereocenters. The van der Waals surface area contributed by atoms with Gasteiger partial charge in [0, 0.05) is 6.04 Å². The van der Waals surface area contributed by atoms with E-state index >= 15 is 0 Å². The first-order valence-electron chi connectivity index (χ1n) is 5.55. The van der Waals surface area contributed by atoms with Gasteiger partial charge >= 0.3 is 6.03 Å². The zero-order valence-corrected chi connectivity index (χ0v) is 10.7. The Hall–Kier alpha value is -0.770. The van der Waals surface area contributed by atoms with Gasteiger partial charge in [0.2, 0.25) is 5.91 Å². The van der Waals surface area contributed by atoms with Crippen molar-refractivity contribution in [3.63, 3.8) is 0 Å². The van der Waals surface area contributed by atoms with Crippen LogP contribution in [0.1, 0.15) is 40.0 Å². The normalized spacial score (nSPS) is 24.9. The van der Waals surface area contributed by atoms with Gasteiger partial charge in [0.1, 0.15) is 5.38 Å². The van der Waals surface area contributed by atoms with Crippen molar-refractivity contribution in [1.82, 2.24) is 10.6 Å². The summed E-state index contributed by atoms with van der Waals surface area (Å²) < 4.78 is 0. The Kier molecular flexibility index (Phi) is 4.19. The molecule has 0 aliphatic heterocycles. The second-order valence-corrected chi connectivity index (χ2v) is 5.84. The van der Waals surface area contributed by atoms with Gasteiger partial charge in [-0.2, -0.15) is 0 Å². The third kappa shape index (κ3) is 4.00. The van der Waals surface area contributed by atoms with E-state index in [9.17, 15) is 9.59 Å². The first kappa shape index (κ1) is 13.3. The lowest BCUT2D eigenvalue weighted by Gasteiger charge is -2.18. The van der Waals surface area contributed by atoms with Crippen molar-refractivity contribution in [2.24, 2.45) is 5.41 Å². The van der Waals surface area contributed by atoms with Crippen molar-refractivity contribution in [2.45, 2.75) is 51.5 Å². The van der Waals surface area contributed by atoms with Gasteiger partial charge in [-0.15, -0.1) is 11.6 Å². The van der Waals surface area contributed by atoms with Gasteiger partial charge in [-0.05, 0) is 31.6 Å². The number of hydrogen-bond donors (Lipinski definition) is 2. The molecule has 0 aromatic rings. The second kappa shape index (κ2) is 5.04. The quantitative estimate of drug-likeness (QED) is 0.733. The summed E-state index contributed by atoms with van der Waals surface area (Å²) >= 11 is 5.54. The van der Waals surface area contributed by atoms with Gasteiger partial charge in [-0.3, -0.25) is 10.1 Å². The summed E-state index contributed by atoms with van der Waals surface area (Å²) in [6, 6.07) is -0.284. The summed E-state index contributed by atoms with van der Waals surface area (Å²) in [7, 11) is 0. The summed E-state index contributed by atoms with van der Waals surface area (Å²) in [5.41, 5.74) is 0.279. The van der Waals surface area contributed by atoms with Gasteiger partial charge in [-0.25, -0.2) is 4.79 Å². The maximum absolute atomic E-state index is 11.4. The average molecular weight is 247 g/mol. The fraction of sp³-hybridized carbons (Fsp3) is 0.818. The Morgan fingerprint density at radius 2 is 2.06 bits per heavy atom. The van der Waals surface area contributed by atoms with Crippen molar-refractivity contribution in [3.05, 3.63) is 0 Å². The molecule has 1 aliphatic carbocycles. The minimum absolute atomic E-state index is 0.161. The predicted molar refractivity (Wildman–Crippen MR) is 63.4 cm³/mol. The molecule has 0 bridgehead atoms. The molecule has 1 aliphatic rings. The van der Waals surface area contributed by atoms with Crippen molar-refractivity contribution < 1.29 is 9.59 Å². The van der Waals surface area contributed by atoms with E-state index in [0.29, 0.717) is 0 Å². The van der Waals surface area contributed by atoms with Crippen LogP contribution in [-0.2, 0) is 4.79 Å². The van der Waals surface area contributed by atoms with Crippen LogP contribution in [0.2, 0.25) is 0 Å². The third-order valence-electron chi connectivity index (χ3n) is 2.90. The molecule has 0 aromatic heterocycles. The van der Waals surface area contributed by atoms with Crippen LogP contribution in [0.15, 0.2) is 0 Å². The van der Waals surface area contributed by atoms with Crippen LogP contribution in [-0.4, -0.2) is 23.4 Å². The number of carbonyl (C=O) groups is 2. The second-order valence-electron chi connectivity index (χ2n) is 5.18. The highest BCUT2D eigenvalue weighted by atomic mass is 35.5. The molecule has 4 nitrogen and oxygen atoms in total. The van der Waals surface area contributed by atoms with E-state index < -0.39 is 17.3 Å². The number of imide groups is 1. The molecule has 1 saturated carbocycles. The molecule has 0 spiro atoms. The average Bonchev–Trinajstić information content (AvgIpc) is 2.44. The van der Waals surface area contributed by atoms with Crippen LogP contribution in [0.4, 0.5) is 4.79 Å². The van der Waals surface area contributed by atoms with E-state index in [1.165, 1.54) is 6.92 Å². The molecular weight excluding hydrogens is 228 g/mol. The number of urea groups is 1. The van der Waals surface area contributed by atoms with E-state index in [4.69, 9.17) is 11.6 Å². The Bertz CT molecular complexity index is 290. The monoisotopic (exact) mass is 246 g/mol. The molecule has 0 heterocycles. The Morgan fingerprint density at radius 1 is 1.44 bits per heavy atom. The summed E-state index contributed by atoms with van der Waals surface area (Å²) in [6.45, 7) is 5.89. The predicted octanol–water partition coefficient (Wildman–Crippen LogP) is 2.02. The fourth-order valence-electron chi connectivity index (χ4n) is 1.99. The van der Waals surface area contributed by atoms with E-state index in [-0.39, 0.29) is 11.5 Å². The molecule has 2 N–H and O–H groups in total. The minimum Gasteiger partial charge on any atom is -0.335 e. The summed E-state index contributed by atoms with van der Waals surface area (Å²) in [4.78, 5) is 22.6. The van der Waals surface area contributed by atoms with Gasteiger partial charge in [0.25, 0.3) is 0 Å². The van der Waals surface area contributed by atoms with Gasteiger partial charge in [0.15, 0.2) is 0 Å². The smallest absolute Gasteiger partial charge is 0.321 e. The summed E-state index contributed by atoms with van der Waals surface area (Å²) in [5, 5.41) is 4.31. The molecule has 1 fully saturated rings. The first-order chi connectivity index (χ1) is 7.30. The topological polar surface area (TPSA) is 58.2 Å². The van der Waals surface area contributed by atoms with E-state index in [0.717, 1.165) is 19.3 Å². The Balaban J connectivity index is 2.33. The molecule has 2 atom stereocenters. The zero-order valence-electron chi connectivity index (χ0n) is 9.97. The highest BCUT2D eigenvalue weighted by Crippen LogP contribution is 2.36. The Morgan fingerprint density at radius 3 is 2.50 bits per heavy atom. The summed E-state index contributed by atoms with van der Waals surface area (Å²) in [5.74, 6) is -0.462. The lowest BCUT2D eigenvalue weighted by Crippen LogP contribution is -2.45. The van der Waals surface area contributed by atoms with Crippen LogP contribution in [0.25, 0.3) is 0 Å². The van der Waals surface area contributed by atoms with E-state index in [2.05, 4.69) is 24.5 Å². The lowest BCUT2D eigenvalue weighted by atomic mass is 9.92. The molecule has 0 aromatic carbocycles. The van der Waals surface area contributed by atoms with Crippen molar-refractivity contribution in [1.29, 1.82) is 0 Å².